The number of likely N-dealkylation sites (tertiary alicyclic amines) is 1. The van der Waals surface area contributed by atoms with Crippen molar-refractivity contribution in [3.05, 3.63) is 64.7 Å². The molecular weight excluding hydrogens is 407 g/mol. The molecule has 156 valence electrons. The van der Waals surface area contributed by atoms with Gasteiger partial charge in [0.05, 0.1) is 0 Å². The number of nitrogens with zero attached hydrogens (tertiary/aromatic N) is 2. The second-order valence-corrected chi connectivity index (χ2v) is 7.88. The summed E-state index contributed by atoms with van der Waals surface area (Å²) in [6.45, 7) is 1.37. The quantitative estimate of drug-likeness (QED) is 0.608. The van der Waals surface area contributed by atoms with Gasteiger partial charge in [0, 0.05) is 24.9 Å². The molecule has 30 heavy (non-hydrogen) atoms. The number of rotatable bonds is 5. The maximum Gasteiger partial charge on any atom is 0.268 e. The van der Waals surface area contributed by atoms with E-state index < -0.39 is 11.9 Å². The summed E-state index contributed by atoms with van der Waals surface area (Å²) in [6, 6.07) is 10.3. The van der Waals surface area contributed by atoms with E-state index in [1.165, 1.54) is 12.1 Å². The zero-order chi connectivity index (χ0) is 21.1. The van der Waals surface area contributed by atoms with Crippen LogP contribution < -0.4 is 5.32 Å². The molecule has 1 fully saturated rings. The Morgan fingerprint density at radius 3 is 2.60 bits per heavy atom. The highest BCUT2D eigenvalue weighted by Gasteiger charge is 2.28. The Hall–Kier alpha value is -2.93. The Bertz CT molecular complexity index is 1060. The molecule has 8 heteroatoms. The Balaban J connectivity index is 1.56. The summed E-state index contributed by atoms with van der Waals surface area (Å²) in [6.07, 6.45) is 3.30. The number of carbonyl (C=O) groups excluding carboxylic acids is 2. The van der Waals surface area contributed by atoms with E-state index >= 15 is 0 Å². The van der Waals surface area contributed by atoms with Crippen molar-refractivity contribution >= 4 is 34.4 Å². The lowest BCUT2D eigenvalue weighted by atomic mass is 10.0. The number of hydrogen-bond donors (Lipinski definition) is 2. The molecule has 6 nitrogen and oxygen atoms in total. The highest BCUT2D eigenvalue weighted by Crippen LogP contribution is 2.17. The van der Waals surface area contributed by atoms with Crippen LogP contribution in [0.25, 0.3) is 11.0 Å². The Morgan fingerprint density at radius 2 is 1.87 bits per heavy atom. The number of hydrogen-bond acceptors (Lipinski definition) is 3. The Morgan fingerprint density at radius 1 is 1.13 bits per heavy atom. The van der Waals surface area contributed by atoms with Crippen LogP contribution in [0.15, 0.2) is 42.5 Å². The lowest BCUT2D eigenvalue weighted by molar-refractivity contribution is -0.134. The fourth-order valence-electron chi connectivity index (χ4n) is 3.73. The summed E-state index contributed by atoms with van der Waals surface area (Å²) >= 11 is 5.91. The number of pyridine rings is 1. The van der Waals surface area contributed by atoms with Gasteiger partial charge >= 0.3 is 0 Å². The predicted molar refractivity (Wildman–Crippen MR) is 113 cm³/mol. The van der Waals surface area contributed by atoms with Crippen molar-refractivity contribution in [2.24, 2.45) is 0 Å². The molecular formula is C22H22ClFN4O2. The summed E-state index contributed by atoms with van der Waals surface area (Å²) < 4.78 is 13.3. The first-order valence-electron chi connectivity index (χ1n) is 9.99. The summed E-state index contributed by atoms with van der Waals surface area (Å²) in [5, 5.41) is 3.93. The number of H-pyrrole nitrogens is 1. The number of halogens is 2. The third-order valence-corrected chi connectivity index (χ3v) is 5.52. The fourth-order valence-corrected chi connectivity index (χ4v) is 3.88. The van der Waals surface area contributed by atoms with E-state index in [0.29, 0.717) is 29.6 Å². The maximum absolute atomic E-state index is 13.3. The second-order valence-electron chi connectivity index (χ2n) is 7.50. The number of aromatic amines is 1. The smallest absolute Gasteiger partial charge is 0.268 e. The van der Waals surface area contributed by atoms with Crippen LogP contribution in [-0.4, -0.2) is 45.8 Å². The van der Waals surface area contributed by atoms with Crippen molar-refractivity contribution in [2.75, 3.05) is 13.1 Å². The highest BCUT2D eigenvalue weighted by atomic mass is 35.5. The molecule has 1 aromatic carbocycles. The van der Waals surface area contributed by atoms with Gasteiger partial charge in [-0.3, -0.25) is 9.59 Å². The van der Waals surface area contributed by atoms with Gasteiger partial charge in [-0.1, -0.05) is 23.7 Å². The minimum atomic E-state index is -0.746. The van der Waals surface area contributed by atoms with Crippen LogP contribution in [0, 0.1) is 5.82 Å². The molecule has 4 rings (SSSR count). The molecule has 1 aliphatic rings. The van der Waals surface area contributed by atoms with Crippen molar-refractivity contribution in [2.45, 2.75) is 31.7 Å². The van der Waals surface area contributed by atoms with Crippen LogP contribution >= 0.6 is 11.6 Å². The number of nitrogens with one attached hydrogen (secondary N) is 2. The summed E-state index contributed by atoms with van der Waals surface area (Å²) in [5.74, 6) is -0.864. The Labute approximate surface area is 178 Å². The van der Waals surface area contributed by atoms with Crippen LogP contribution in [0.3, 0.4) is 0 Å². The molecule has 3 aromatic rings. The molecule has 0 radical (unpaired) electrons. The average molecular weight is 429 g/mol. The van der Waals surface area contributed by atoms with Gasteiger partial charge in [-0.05, 0) is 55.2 Å². The standard InChI is InChI=1S/C22H22ClFN4O2/c23-19-9-6-15-13-17(25-20(15)27-19)21(29)26-18(12-14-4-7-16(24)8-5-14)22(30)28-10-2-1-3-11-28/h4-9,13,18H,1-3,10-12H2,(H,25,27)(H,26,29)/t18-/m0/s1. The van der Waals surface area contributed by atoms with Crippen LogP contribution in [0.4, 0.5) is 4.39 Å². The first-order chi connectivity index (χ1) is 14.5. The first kappa shape index (κ1) is 20.3. The van der Waals surface area contributed by atoms with Crippen LogP contribution in [0.1, 0.15) is 35.3 Å². The van der Waals surface area contributed by atoms with Gasteiger partial charge in [-0.2, -0.15) is 0 Å². The van der Waals surface area contributed by atoms with Gasteiger partial charge in [0.1, 0.15) is 28.4 Å². The third-order valence-electron chi connectivity index (χ3n) is 5.31. The molecule has 2 N–H and O–H groups in total. The molecule has 0 saturated carbocycles. The molecule has 2 aromatic heterocycles. The molecule has 0 bridgehead atoms. The van der Waals surface area contributed by atoms with Gasteiger partial charge in [0.15, 0.2) is 0 Å². The lowest BCUT2D eigenvalue weighted by Crippen LogP contribution is -2.51. The van der Waals surface area contributed by atoms with E-state index in [-0.39, 0.29) is 18.1 Å². The van der Waals surface area contributed by atoms with E-state index in [0.717, 1.165) is 30.2 Å². The van der Waals surface area contributed by atoms with Crippen LogP contribution in [0.5, 0.6) is 0 Å². The number of carbonyl (C=O) groups is 2. The zero-order valence-corrected chi connectivity index (χ0v) is 17.1. The second kappa shape index (κ2) is 8.83. The van der Waals surface area contributed by atoms with Crippen molar-refractivity contribution in [1.82, 2.24) is 20.2 Å². The van der Waals surface area contributed by atoms with Crippen LogP contribution in [0.2, 0.25) is 5.15 Å². The normalized spacial score (nSPS) is 15.2. The molecule has 1 saturated heterocycles. The highest BCUT2D eigenvalue weighted by molar-refractivity contribution is 6.29. The predicted octanol–water partition coefficient (Wildman–Crippen LogP) is 3.71. The number of fused-ring (bicyclic) bond motifs is 1. The van der Waals surface area contributed by atoms with E-state index in [1.807, 2.05) is 0 Å². The van der Waals surface area contributed by atoms with E-state index in [9.17, 15) is 14.0 Å². The summed E-state index contributed by atoms with van der Waals surface area (Å²) in [4.78, 5) is 35.0. The molecule has 0 unspecified atom stereocenters. The third kappa shape index (κ3) is 4.62. The van der Waals surface area contributed by atoms with E-state index in [4.69, 9.17) is 11.6 Å². The monoisotopic (exact) mass is 428 g/mol. The molecule has 1 aliphatic heterocycles. The summed E-state index contributed by atoms with van der Waals surface area (Å²) in [5.41, 5.74) is 1.58. The van der Waals surface area contributed by atoms with Gasteiger partial charge in [0.2, 0.25) is 5.91 Å². The molecule has 0 spiro atoms. The first-order valence-corrected chi connectivity index (χ1v) is 10.4. The van der Waals surface area contributed by atoms with Gasteiger partial charge in [-0.15, -0.1) is 0 Å². The van der Waals surface area contributed by atoms with Gasteiger partial charge in [0.25, 0.3) is 5.91 Å². The van der Waals surface area contributed by atoms with Crippen molar-refractivity contribution in [1.29, 1.82) is 0 Å². The Kier molecular flexibility index (Phi) is 5.99. The lowest BCUT2D eigenvalue weighted by Gasteiger charge is -2.30. The minimum Gasteiger partial charge on any atom is -0.341 e. The average Bonchev–Trinajstić information content (AvgIpc) is 3.18. The SMILES string of the molecule is O=C(N[C@@H](Cc1ccc(F)cc1)C(=O)N1CCCCC1)c1cc2ccc(Cl)nc2[nH]1. The van der Waals surface area contributed by atoms with Gasteiger partial charge < -0.3 is 15.2 Å². The number of amides is 2. The fraction of sp³-hybridized carbons (Fsp3) is 0.318. The molecule has 3 heterocycles. The molecule has 1 atom stereocenters. The number of benzene rings is 1. The molecule has 2 amide bonds. The largest absolute Gasteiger partial charge is 0.341 e. The number of piperidine rings is 1. The number of aromatic nitrogens is 2. The van der Waals surface area contributed by atoms with Crippen LogP contribution in [-0.2, 0) is 11.2 Å². The topological polar surface area (TPSA) is 78.1 Å². The zero-order valence-electron chi connectivity index (χ0n) is 16.3. The van der Waals surface area contributed by atoms with E-state index in [2.05, 4.69) is 15.3 Å². The summed E-state index contributed by atoms with van der Waals surface area (Å²) in [7, 11) is 0. The molecule has 0 aliphatic carbocycles. The maximum atomic E-state index is 13.3. The van der Waals surface area contributed by atoms with Crippen molar-refractivity contribution in [3.63, 3.8) is 0 Å². The van der Waals surface area contributed by atoms with E-state index in [1.54, 1.807) is 35.2 Å². The minimum absolute atomic E-state index is 0.121. The van der Waals surface area contributed by atoms with Gasteiger partial charge in [-0.25, -0.2) is 9.37 Å². The van der Waals surface area contributed by atoms with Crippen molar-refractivity contribution < 1.29 is 14.0 Å². The van der Waals surface area contributed by atoms with Crippen molar-refractivity contribution in [3.8, 4) is 0 Å².